The molecule has 0 saturated carbocycles. The quantitative estimate of drug-likeness (QED) is 0.425. The minimum absolute atomic E-state index is 0.213. The molecule has 1 aliphatic heterocycles. The van der Waals surface area contributed by atoms with Gasteiger partial charge in [-0.15, -0.1) is 0 Å². The van der Waals surface area contributed by atoms with E-state index in [0.717, 1.165) is 79.2 Å². The van der Waals surface area contributed by atoms with E-state index in [1.54, 1.807) is 4.68 Å². The van der Waals surface area contributed by atoms with Crippen LogP contribution in [0.5, 0.6) is 0 Å². The molecule has 8 heteroatoms. The summed E-state index contributed by atoms with van der Waals surface area (Å²) in [7, 11) is 1.90. The van der Waals surface area contributed by atoms with Gasteiger partial charge < -0.3 is 15.0 Å². The van der Waals surface area contributed by atoms with Crippen LogP contribution in [0.15, 0.2) is 29.5 Å². The summed E-state index contributed by atoms with van der Waals surface area (Å²) in [4.78, 5) is 24.2. The van der Waals surface area contributed by atoms with Gasteiger partial charge in [0.25, 0.3) is 0 Å². The molecule has 1 N–H and O–H groups in total. The van der Waals surface area contributed by atoms with Gasteiger partial charge in [-0.25, -0.2) is 9.78 Å². The lowest BCUT2D eigenvalue weighted by atomic mass is 9.95. The van der Waals surface area contributed by atoms with Crippen molar-refractivity contribution < 1.29 is 9.53 Å². The second-order valence-electron chi connectivity index (χ2n) is 10.5. The minimum atomic E-state index is -0.477. The number of amides is 1. The van der Waals surface area contributed by atoms with Crippen LogP contribution in [0.3, 0.4) is 0 Å². The van der Waals surface area contributed by atoms with E-state index >= 15 is 0 Å². The molecule has 0 aromatic carbocycles. The number of pyridine rings is 1. The predicted molar refractivity (Wildman–Crippen MR) is 148 cm³/mol. The summed E-state index contributed by atoms with van der Waals surface area (Å²) in [6.45, 7) is 14.2. The van der Waals surface area contributed by atoms with Gasteiger partial charge in [0.2, 0.25) is 0 Å². The summed E-state index contributed by atoms with van der Waals surface area (Å²) < 4.78 is 7.37. The fourth-order valence-corrected chi connectivity index (χ4v) is 4.37. The van der Waals surface area contributed by atoms with Crippen LogP contribution in [0.2, 0.25) is 0 Å². The highest BCUT2D eigenvalue weighted by Gasteiger charge is 2.27. The van der Waals surface area contributed by atoms with E-state index in [2.05, 4.69) is 30.3 Å². The minimum Gasteiger partial charge on any atom is -0.444 e. The number of hydrogen-bond acceptors (Lipinski definition) is 6. The number of allylic oxidation sites excluding steroid dienone is 2. The van der Waals surface area contributed by atoms with E-state index in [1.807, 2.05) is 64.3 Å². The van der Waals surface area contributed by atoms with Crippen LogP contribution >= 0.6 is 0 Å². The van der Waals surface area contributed by atoms with E-state index in [-0.39, 0.29) is 6.09 Å². The Morgan fingerprint density at radius 3 is 2.78 bits per heavy atom. The lowest BCUT2D eigenvalue weighted by molar-refractivity contribution is 0.0163. The zero-order valence-corrected chi connectivity index (χ0v) is 23.0. The Morgan fingerprint density at radius 2 is 2.14 bits per heavy atom. The van der Waals surface area contributed by atoms with Gasteiger partial charge in [0.15, 0.2) is 0 Å². The summed E-state index contributed by atoms with van der Waals surface area (Å²) in [5, 5.41) is 7.92. The second kappa shape index (κ2) is 12.2. The Kier molecular flexibility index (Phi) is 9.29. The first kappa shape index (κ1) is 27.4. The number of carbonyl (C=O) groups is 1. The first-order valence-corrected chi connectivity index (χ1v) is 13.0. The molecule has 1 amide bonds. The first-order chi connectivity index (χ1) is 17.1. The van der Waals surface area contributed by atoms with Crippen LogP contribution in [0, 0.1) is 5.92 Å². The van der Waals surface area contributed by atoms with Gasteiger partial charge >= 0.3 is 6.09 Å². The maximum atomic E-state index is 12.6. The van der Waals surface area contributed by atoms with Crippen LogP contribution in [-0.4, -0.2) is 57.2 Å². The molecule has 2 aromatic heterocycles. The number of anilines is 1. The molecule has 3 heterocycles. The molecular formula is C28H42N6O2. The van der Waals surface area contributed by atoms with Gasteiger partial charge in [0.1, 0.15) is 11.4 Å². The molecule has 0 aliphatic carbocycles. The molecule has 3 rings (SSSR count). The van der Waals surface area contributed by atoms with Gasteiger partial charge in [0, 0.05) is 50.2 Å². The van der Waals surface area contributed by atoms with Gasteiger partial charge in [-0.3, -0.25) is 9.67 Å². The molecule has 1 aliphatic rings. The SMILES string of the molecule is CC=C(C)c1c(N=CCC)cc(-c2cnn(C)c2)nc1NCCC1CCCN(C(=O)OC(C)(C)C)C1. The number of hydrogen-bond donors (Lipinski definition) is 1. The smallest absolute Gasteiger partial charge is 0.410 e. The summed E-state index contributed by atoms with van der Waals surface area (Å²) in [6.07, 6.45) is 11.5. The molecule has 1 saturated heterocycles. The van der Waals surface area contributed by atoms with Crippen molar-refractivity contribution in [2.24, 2.45) is 18.0 Å². The van der Waals surface area contributed by atoms with Crippen molar-refractivity contribution in [3.8, 4) is 11.3 Å². The number of nitrogens with zero attached hydrogens (tertiary/aromatic N) is 5. The standard InChI is InChI=1S/C28H42N6O2/c1-8-13-29-24-16-23(22-17-31-33(7)19-22)32-26(25(24)20(3)9-2)30-14-12-21-11-10-15-34(18-21)27(35)36-28(4,5)6/h9,13,16-17,19,21H,8,10-12,14-15,18H2,1-7H3,(H,30,32). The van der Waals surface area contributed by atoms with Crippen molar-refractivity contribution in [1.82, 2.24) is 19.7 Å². The summed E-state index contributed by atoms with van der Waals surface area (Å²) in [5.74, 6) is 1.25. The zero-order valence-electron chi connectivity index (χ0n) is 23.0. The lowest BCUT2D eigenvalue weighted by Crippen LogP contribution is -2.43. The summed E-state index contributed by atoms with van der Waals surface area (Å²) in [6, 6.07) is 2.04. The van der Waals surface area contributed by atoms with Crippen LogP contribution in [0.4, 0.5) is 16.3 Å². The zero-order chi connectivity index (χ0) is 26.3. The van der Waals surface area contributed by atoms with Crippen molar-refractivity contribution in [3.05, 3.63) is 30.1 Å². The van der Waals surface area contributed by atoms with E-state index in [4.69, 9.17) is 14.7 Å². The van der Waals surface area contributed by atoms with Gasteiger partial charge in [0.05, 0.1) is 17.6 Å². The molecule has 0 radical (unpaired) electrons. The average molecular weight is 495 g/mol. The lowest BCUT2D eigenvalue weighted by Gasteiger charge is -2.34. The van der Waals surface area contributed by atoms with Crippen molar-refractivity contribution in [1.29, 1.82) is 0 Å². The normalized spacial score (nSPS) is 17.0. The summed E-state index contributed by atoms with van der Waals surface area (Å²) >= 11 is 0. The Morgan fingerprint density at radius 1 is 1.36 bits per heavy atom. The van der Waals surface area contributed by atoms with Gasteiger partial charge in [-0.1, -0.05) is 13.0 Å². The molecule has 1 fully saturated rings. The Hall–Kier alpha value is -3.16. The number of likely N-dealkylation sites (tertiary alicyclic amines) is 1. The number of aliphatic imine (C=N–C) groups is 1. The predicted octanol–water partition coefficient (Wildman–Crippen LogP) is 6.47. The van der Waals surface area contributed by atoms with Crippen LogP contribution in [0.1, 0.15) is 72.8 Å². The number of carbonyl (C=O) groups excluding carboxylic acids is 1. The third-order valence-corrected chi connectivity index (χ3v) is 6.26. The van der Waals surface area contributed by atoms with E-state index < -0.39 is 5.60 Å². The molecule has 36 heavy (non-hydrogen) atoms. The highest BCUT2D eigenvalue weighted by atomic mass is 16.6. The van der Waals surface area contributed by atoms with Gasteiger partial charge in [-0.2, -0.15) is 5.10 Å². The number of piperidine rings is 1. The maximum Gasteiger partial charge on any atom is 0.410 e. The van der Waals surface area contributed by atoms with Gasteiger partial charge in [-0.05, 0) is 77.9 Å². The van der Waals surface area contributed by atoms with Crippen LogP contribution in [0.25, 0.3) is 16.8 Å². The molecule has 8 nitrogen and oxygen atoms in total. The number of ether oxygens (including phenoxy) is 1. The molecule has 2 aromatic rings. The van der Waals surface area contributed by atoms with Crippen molar-refractivity contribution in [3.63, 3.8) is 0 Å². The third kappa shape index (κ3) is 7.42. The topological polar surface area (TPSA) is 84.6 Å². The Bertz CT molecular complexity index is 1100. The molecule has 196 valence electrons. The molecular weight excluding hydrogens is 452 g/mol. The van der Waals surface area contributed by atoms with Crippen molar-refractivity contribution in [2.45, 2.75) is 72.8 Å². The third-order valence-electron chi connectivity index (χ3n) is 6.26. The molecule has 1 atom stereocenters. The van der Waals surface area contributed by atoms with Crippen molar-refractivity contribution in [2.75, 3.05) is 25.0 Å². The average Bonchev–Trinajstić information content (AvgIpc) is 3.27. The highest BCUT2D eigenvalue weighted by Crippen LogP contribution is 2.36. The Labute approximate surface area is 215 Å². The van der Waals surface area contributed by atoms with Crippen LogP contribution in [-0.2, 0) is 11.8 Å². The highest BCUT2D eigenvalue weighted by molar-refractivity contribution is 5.85. The van der Waals surface area contributed by atoms with E-state index in [9.17, 15) is 4.79 Å². The number of aromatic nitrogens is 3. The maximum absolute atomic E-state index is 12.6. The monoisotopic (exact) mass is 494 g/mol. The molecule has 0 bridgehead atoms. The Balaban J connectivity index is 1.79. The first-order valence-electron chi connectivity index (χ1n) is 13.0. The largest absolute Gasteiger partial charge is 0.444 e. The molecule has 0 spiro atoms. The van der Waals surface area contributed by atoms with Crippen LogP contribution < -0.4 is 5.32 Å². The number of rotatable bonds is 8. The van der Waals surface area contributed by atoms with Crippen molar-refractivity contribution >= 4 is 29.4 Å². The fourth-order valence-electron chi connectivity index (χ4n) is 4.37. The molecule has 1 unspecified atom stereocenters. The number of aryl methyl sites for hydroxylation is 1. The number of nitrogens with one attached hydrogen (secondary N) is 1. The van der Waals surface area contributed by atoms with E-state index in [1.165, 1.54) is 0 Å². The van der Waals surface area contributed by atoms with E-state index in [0.29, 0.717) is 5.92 Å². The summed E-state index contributed by atoms with van der Waals surface area (Å²) in [5.41, 5.74) is 4.37. The fraction of sp³-hybridized carbons (Fsp3) is 0.571. The second-order valence-corrected chi connectivity index (χ2v) is 10.5.